The van der Waals surface area contributed by atoms with E-state index in [9.17, 15) is 4.79 Å². The fourth-order valence-corrected chi connectivity index (χ4v) is 3.36. The SMILES string of the molecule is CN(Cc1cc(=O)n2cc(Cl)ccc2n1)c1ccccc1-c1ccccc1. The number of benzene rings is 2. The van der Waals surface area contributed by atoms with E-state index in [1.54, 1.807) is 24.4 Å². The molecule has 27 heavy (non-hydrogen) atoms. The Morgan fingerprint density at radius 1 is 1.00 bits per heavy atom. The lowest BCUT2D eigenvalue weighted by Crippen LogP contribution is -2.22. The molecule has 0 aliphatic rings. The summed E-state index contributed by atoms with van der Waals surface area (Å²) in [6.45, 7) is 0.526. The number of halogens is 1. The van der Waals surface area contributed by atoms with Crippen molar-refractivity contribution in [2.45, 2.75) is 6.54 Å². The van der Waals surface area contributed by atoms with E-state index in [0.717, 1.165) is 16.8 Å². The molecule has 134 valence electrons. The van der Waals surface area contributed by atoms with Crippen LogP contribution in [0.1, 0.15) is 5.69 Å². The highest BCUT2D eigenvalue weighted by molar-refractivity contribution is 6.30. The molecule has 0 N–H and O–H groups in total. The van der Waals surface area contributed by atoms with Crippen molar-refractivity contribution in [1.29, 1.82) is 0 Å². The van der Waals surface area contributed by atoms with Crippen LogP contribution in [-0.2, 0) is 6.54 Å². The van der Waals surface area contributed by atoms with Crippen molar-refractivity contribution >= 4 is 22.9 Å². The third-order valence-corrected chi connectivity index (χ3v) is 4.70. The van der Waals surface area contributed by atoms with E-state index in [-0.39, 0.29) is 5.56 Å². The minimum absolute atomic E-state index is 0.137. The molecule has 0 atom stereocenters. The number of para-hydroxylation sites is 1. The molecular formula is C22H18ClN3O. The maximum atomic E-state index is 12.4. The molecule has 0 bridgehead atoms. The Morgan fingerprint density at radius 3 is 2.56 bits per heavy atom. The molecular weight excluding hydrogens is 358 g/mol. The van der Waals surface area contributed by atoms with Crippen LogP contribution < -0.4 is 10.5 Å². The lowest BCUT2D eigenvalue weighted by atomic mass is 10.0. The maximum absolute atomic E-state index is 12.4. The van der Waals surface area contributed by atoms with Gasteiger partial charge in [0.1, 0.15) is 5.65 Å². The summed E-state index contributed by atoms with van der Waals surface area (Å²) in [4.78, 5) is 19.1. The number of fused-ring (bicyclic) bond motifs is 1. The summed E-state index contributed by atoms with van der Waals surface area (Å²) < 4.78 is 1.46. The van der Waals surface area contributed by atoms with Gasteiger partial charge >= 0.3 is 0 Å². The molecule has 0 saturated heterocycles. The van der Waals surface area contributed by atoms with Crippen molar-refractivity contribution in [2.24, 2.45) is 0 Å². The molecule has 0 radical (unpaired) electrons. The first-order valence-electron chi connectivity index (χ1n) is 8.65. The van der Waals surface area contributed by atoms with Gasteiger partial charge in [-0.15, -0.1) is 0 Å². The average molecular weight is 376 g/mol. The molecule has 5 heteroatoms. The highest BCUT2D eigenvalue weighted by Gasteiger charge is 2.11. The summed E-state index contributed by atoms with van der Waals surface area (Å²) >= 11 is 5.97. The number of hydrogen-bond donors (Lipinski definition) is 0. The molecule has 0 unspecified atom stereocenters. The minimum atomic E-state index is -0.137. The second-order valence-electron chi connectivity index (χ2n) is 6.40. The van der Waals surface area contributed by atoms with Gasteiger partial charge in [-0.25, -0.2) is 4.98 Å². The van der Waals surface area contributed by atoms with Crippen molar-refractivity contribution in [2.75, 3.05) is 11.9 Å². The first kappa shape index (κ1) is 17.3. The zero-order valence-electron chi connectivity index (χ0n) is 14.8. The first-order valence-corrected chi connectivity index (χ1v) is 9.03. The maximum Gasteiger partial charge on any atom is 0.258 e. The molecule has 0 fully saturated rings. The molecule has 4 nitrogen and oxygen atoms in total. The van der Waals surface area contributed by atoms with Crippen molar-refractivity contribution in [3.8, 4) is 11.1 Å². The van der Waals surface area contributed by atoms with Crippen LogP contribution in [0, 0.1) is 0 Å². The monoisotopic (exact) mass is 375 g/mol. The van der Waals surface area contributed by atoms with Crippen molar-refractivity contribution in [3.05, 3.63) is 100 Å². The van der Waals surface area contributed by atoms with Gasteiger partial charge in [0.05, 0.1) is 17.3 Å². The molecule has 4 rings (SSSR count). The predicted molar refractivity (Wildman–Crippen MR) is 110 cm³/mol. The molecule has 0 amide bonds. The minimum Gasteiger partial charge on any atom is -0.368 e. The van der Waals surface area contributed by atoms with Crippen LogP contribution in [0.4, 0.5) is 5.69 Å². The second-order valence-corrected chi connectivity index (χ2v) is 6.84. The summed E-state index contributed by atoms with van der Waals surface area (Å²) in [7, 11) is 2.01. The van der Waals surface area contributed by atoms with Gasteiger partial charge in [0.15, 0.2) is 0 Å². The fourth-order valence-electron chi connectivity index (χ4n) is 3.20. The van der Waals surface area contributed by atoms with Gasteiger partial charge in [0.25, 0.3) is 5.56 Å². The molecule has 0 saturated carbocycles. The van der Waals surface area contributed by atoms with E-state index in [1.807, 2.05) is 37.4 Å². The van der Waals surface area contributed by atoms with Crippen molar-refractivity contribution < 1.29 is 0 Å². The van der Waals surface area contributed by atoms with E-state index in [2.05, 4.69) is 34.1 Å². The summed E-state index contributed by atoms with van der Waals surface area (Å²) in [6.07, 6.45) is 1.59. The number of aromatic nitrogens is 2. The van der Waals surface area contributed by atoms with Crippen LogP contribution in [0.2, 0.25) is 5.02 Å². The first-order chi connectivity index (χ1) is 13.1. The highest BCUT2D eigenvalue weighted by atomic mass is 35.5. The average Bonchev–Trinajstić information content (AvgIpc) is 2.69. The standard InChI is InChI=1S/C22H18ClN3O/c1-25(20-10-6-5-9-19(20)16-7-3-2-4-8-16)15-18-13-22(27)26-14-17(23)11-12-21(26)24-18/h2-14H,15H2,1H3. The highest BCUT2D eigenvalue weighted by Crippen LogP contribution is 2.30. The van der Waals surface area contributed by atoms with E-state index in [1.165, 1.54) is 4.40 Å². The topological polar surface area (TPSA) is 37.6 Å². The Kier molecular flexibility index (Phi) is 4.65. The van der Waals surface area contributed by atoms with Crippen molar-refractivity contribution in [3.63, 3.8) is 0 Å². The number of rotatable bonds is 4. The summed E-state index contributed by atoms with van der Waals surface area (Å²) in [5, 5.41) is 0.507. The molecule has 2 heterocycles. The second kappa shape index (κ2) is 7.25. The van der Waals surface area contributed by atoms with E-state index >= 15 is 0 Å². The predicted octanol–water partition coefficient (Wildman–Crippen LogP) is 4.65. The van der Waals surface area contributed by atoms with Crippen LogP contribution in [0.15, 0.2) is 83.8 Å². The van der Waals surface area contributed by atoms with Gasteiger partial charge in [-0.3, -0.25) is 9.20 Å². The van der Waals surface area contributed by atoms with Crippen LogP contribution in [0.25, 0.3) is 16.8 Å². The lowest BCUT2D eigenvalue weighted by Gasteiger charge is -2.22. The van der Waals surface area contributed by atoms with E-state index < -0.39 is 0 Å². The summed E-state index contributed by atoms with van der Waals surface area (Å²) in [5.41, 5.74) is 4.55. The van der Waals surface area contributed by atoms with Gasteiger partial charge in [-0.2, -0.15) is 0 Å². The molecule has 0 aliphatic carbocycles. The molecule has 0 aliphatic heterocycles. The third-order valence-electron chi connectivity index (χ3n) is 4.48. The molecule has 4 aromatic rings. The Bertz CT molecular complexity index is 1160. The zero-order chi connectivity index (χ0) is 18.8. The van der Waals surface area contributed by atoms with Crippen molar-refractivity contribution in [1.82, 2.24) is 9.38 Å². The van der Waals surface area contributed by atoms with E-state index in [0.29, 0.717) is 22.9 Å². The Hall–Kier alpha value is -3.11. The van der Waals surface area contributed by atoms with Gasteiger partial charge < -0.3 is 4.90 Å². The normalized spacial score (nSPS) is 10.9. The number of anilines is 1. The van der Waals surface area contributed by atoms with Crippen LogP contribution in [0.3, 0.4) is 0 Å². The zero-order valence-corrected chi connectivity index (χ0v) is 15.6. The number of nitrogens with zero attached hydrogens (tertiary/aromatic N) is 3. The Morgan fingerprint density at radius 2 is 1.74 bits per heavy atom. The lowest BCUT2D eigenvalue weighted by molar-refractivity contribution is 0.871. The van der Waals surface area contributed by atoms with E-state index in [4.69, 9.17) is 11.6 Å². The summed E-state index contributed by atoms with van der Waals surface area (Å²) in [5.74, 6) is 0. The number of hydrogen-bond acceptors (Lipinski definition) is 3. The summed E-state index contributed by atoms with van der Waals surface area (Å²) in [6, 6.07) is 23.5. The van der Waals surface area contributed by atoms with Gasteiger partial charge in [0.2, 0.25) is 0 Å². The van der Waals surface area contributed by atoms with Crippen LogP contribution in [-0.4, -0.2) is 16.4 Å². The quantitative estimate of drug-likeness (QED) is 0.521. The number of pyridine rings is 1. The largest absolute Gasteiger partial charge is 0.368 e. The molecule has 0 spiro atoms. The molecule has 2 aromatic heterocycles. The third kappa shape index (κ3) is 3.57. The van der Waals surface area contributed by atoms with Gasteiger partial charge in [-0.05, 0) is 23.8 Å². The smallest absolute Gasteiger partial charge is 0.258 e. The van der Waals surface area contributed by atoms with Gasteiger partial charge in [0, 0.05) is 30.6 Å². The molecule has 2 aromatic carbocycles. The Labute approximate surface area is 162 Å². The van der Waals surface area contributed by atoms with Crippen LogP contribution in [0.5, 0.6) is 0 Å². The fraction of sp³-hybridized carbons (Fsp3) is 0.0909. The van der Waals surface area contributed by atoms with Gasteiger partial charge in [-0.1, -0.05) is 60.1 Å². The van der Waals surface area contributed by atoms with Crippen LogP contribution >= 0.6 is 11.6 Å². The Balaban J connectivity index is 1.69.